The predicted octanol–water partition coefficient (Wildman–Crippen LogP) is 3.89. The Hall–Kier alpha value is -1.81. The summed E-state index contributed by atoms with van der Waals surface area (Å²) in [6.07, 6.45) is 0. The summed E-state index contributed by atoms with van der Waals surface area (Å²) in [7, 11) is 1.47. The fraction of sp³-hybridized carbons (Fsp3) is 0.375. The Morgan fingerprint density at radius 2 is 2.10 bits per heavy atom. The molecule has 1 unspecified atom stereocenters. The lowest BCUT2D eigenvalue weighted by Crippen LogP contribution is -2.19. The van der Waals surface area contributed by atoms with Crippen molar-refractivity contribution in [2.75, 3.05) is 7.11 Å². The van der Waals surface area contributed by atoms with E-state index in [0.29, 0.717) is 12.1 Å². The van der Waals surface area contributed by atoms with Crippen molar-refractivity contribution < 1.29 is 13.5 Å². The van der Waals surface area contributed by atoms with Crippen LogP contribution < -0.4 is 10.1 Å². The number of nitrogens with one attached hydrogen (secondary N) is 1. The number of aryl methyl sites for hydroxylation is 2. The summed E-state index contributed by atoms with van der Waals surface area (Å²) < 4.78 is 24.5. The molecule has 0 amide bonds. The van der Waals surface area contributed by atoms with E-state index in [-0.39, 0.29) is 17.6 Å². The lowest BCUT2D eigenvalue weighted by atomic mass is 10.1. The molecule has 0 fully saturated rings. The number of ether oxygens (including phenoxy) is 1. The standard InChI is InChI=1S/C16H20FNO2/c1-10-8-14(12(3)20-10)11(2)18-9-13-6-5-7-15(19-4)16(13)17/h5-8,11,18H,9H2,1-4H3. The Bertz CT molecular complexity index is 592. The molecule has 1 heterocycles. The fourth-order valence-electron chi connectivity index (χ4n) is 2.30. The van der Waals surface area contributed by atoms with Crippen LogP contribution in [-0.2, 0) is 6.54 Å². The minimum Gasteiger partial charge on any atom is -0.494 e. The van der Waals surface area contributed by atoms with E-state index in [4.69, 9.17) is 9.15 Å². The molecule has 0 aliphatic rings. The molecule has 2 aromatic rings. The number of furan rings is 1. The van der Waals surface area contributed by atoms with E-state index < -0.39 is 0 Å². The van der Waals surface area contributed by atoms with Crippen LogP contribution in [0.15, 0.2) is 28.7 Å². The largest absolute Gasteiger partial charge is 0.494 e. The maximum Gasteiger partial charge on any atom is 0.169 e. The summed E-state index contributed by atoms with van der Waals surface area (Å²) in [4.78, 5) is 0. The maximum absolute atomic E-state index is 14.0. The second-order valence-electron chi connectivity index (χ2n) is 4.90. The Morgan fingerprint density at radius 1 is 1.35 bits per heavy atom. The van der Waals surface area contributed by atoms with E-state index in [0.717, 1.165) is 17.1 Å². The molecule has 3 nitrogen and oxygen atoms in total. The second-order valence-corrected chi connectivity index (χ2v) is 4.90. The molecule has 1 atom stereocenters. The molecule has 0 saturated carbocycles. The van der Waals surface area contributed by atoms with E-state index in [2.05, 4.69) is 5.32 Å². The highest BCUT2D eigenvalue weighted by Gasteiger charge is 2.14. The van der Waals surface area contributed by atoms with Crippen molar-refractivity contribution in [1.82, 2.24) is 5.32 Å². The number of hydrogen-bond acceptors (Lipinski definition) is 3. The summed E-state index contributed by atoms with van der Waals surface area (Å²) in [6.45, 7) is 6.33. The van der Waals surface area contributed by atoms with E-state index >= 15 is 0 Å². The number of halogens is 1. The van der Waals surface area contributed by atoms with Crippen molar-refractivity contribution in [3.05, 3.63) is 52.7 Å². The predicted molar refractivity (Wildman–Crippen MR) is 76.4 cm³/mol. The SMILES string of the molecule is COc1cccc(CNC(C)c2cc(C)oc2C)c1F. The molecule has 0 bridgehead atoms. The van der Waals surface area contributed by atoms with Gasteiger partial charge in [0.05, 0.1) is 7.11 Å². The molecule has 4 heteroatoms. The summed E-state index contributed by atoms with van der Waals surface area (Å²) >= 11 is 0. The summed E-state index contributed by atoms with van der Waals surface area (Å²) in [5.74, 6) is 1.74. The zero-order chi connectivity index (χ0) is 14.7. The smallest absolute Gasteiger partial charge is 0.169 e. The second kappa shape index (κ2) is 6.09. The summed E-state index contributed by atoms with van der Waals surface area (Å²) in [5, 5.41) is 3.31. The van der Waals surface area contributed by atoms with E-state index in [9.17, 15) is 4.39 Å². The molecule has 1 N–H and O–H groups in total. The first-order valence-electron chi connectivity index (χ1n) is 6.64. The van der Waals surface area contributed by atoms with Gasteiger partial charge in [-0.05, 0) is 32.9 Å². The number of rotatable bonds is 5. The third-order valence-corrected chi connectivity index (χ3v) is 3.41. The quantitative estimate of drug-likeness (QED) is 0.900. The molecule has 0 aliphatic heterocycles. The molecule has 0 spiro atoms. The van der Waals surface area contributed by atoms with Crippen molar-refractivity contribution in [3.8, 4) is 5.75 Å². The van der Waals surface area contributed by atoms with Crippen LogP contribution >= 0.6 is 0 Å². The average Bonchev–Trinajstić information content (AvgIpc) is 2.76. The van der Waals surface area contributed by atoms with Crippen LogP contribution in [0, 0.1) is 19.7 Å². The number of methoxy groups -OCH3 is 1. The van der Waals surface area contributed by atoms with Gasteiger partial charge in [0, 0.05) is 23.7 Å². The molecule has 2 rings (SSSR count). The first kappa shape index (κ1) is 14.6. The van der Waals surface area contributed by atoms with E-state index in [1.165, 1.54) is 7.11 Å². The van der Waals surface area contributed by atoms with Gasteiger partial charge in [0.2, 0.25) is 0 Å². The number of hydrogen-bond donors (Lipinski definition) is 1. The molecule has 108 valence electrons. The van der Waals surface area contributed by atoms with Gasteiger partial charge in [0.25, 0.3) is 0 Å². The molecule has 0 radical (unpaired) electrons. The topological polar surface area (TPSA) is 34.4 Å². The zero-order valence-electron chi connectivity index (χ0n) is 12.3. The third-order valence-electron chi connectivity index (χ3n) is 3.41. The Balaban J connectivity index is 2.07. The van der Waals surface area contributed by atoms with Gasteiger partial charge in [-0.2, -0.15) is 0 Å². The summed E-state index contributed by atoms with van der Waals surface area (Å²) in [6, 6.07) is 7.26. The van der Waals surface area contributed by atoms with Crippen molar-refractivity contribution in [1.29, 1.82) is 0 Å². The van der Waals surface area contributed by atoms with Gasteiger partial charge in [-0.1, -0.05) is 12.1 Å². The van der Waals surface area contributed by atoms with Crippen LogP contribution in [0.1, 0.15) is 35.6 Å². The monoisotopic (exact) mass is 277 g/mol. The van der Waals surface area contributed by atoms with Crippen molar-refractivity contribution >= 4 is 0 Å². The van der Waals surface area contributed by atoms with Crippen LogP contribution in [0.4, 0.5) is 4.39 Å². The van der Waals surface area contributed by atoms with Gasteiger partial charge in [0.1, 0.15) is 11.5 Å². The molecular weight excluding hydrogens is 257 g/mol. The minimum absolute atomic E-state index is 0.0954. The maximum atomic E-state index is 14.0. The van der Waals surface area contributed by atoms with Gasteiger partial charge >= 0.3 is 0 Å². The third kappa shape index (κ3) is 3.02. The normalized spacial score (nSPS) is 12.4. The lowest BCUT2D eigenvalue weighted by Gasteiger charge is -2.14. The van der Waals surface area contributed by atoms with Gasteiger partial charge in [0.15, 0.2) is 11.6 Å². The van der Waals surface area contributed by atoms with Crippen molar-refractivity contribution in [2.45, 2.75) is 33.4 Å². The highest BCUT2D eigenvalue weighted by molar-refractivity contribution is 5.31. The highest BCUT2D eigenvalue weighted by atomic mass is 19.1. The molecule has 1 aromatic heterocycles. The van der Waals surface area contributed by atoms with Crippen LogP contribution in [0.25, 0.3) is 0 Å². The number of benzene rings is 1. The van der Waals surface area contributed by atoms with E-state index in [1.807, 2.05) is 26.8 Å². The Morgan fingerprint density at radius 3 is 2.70 bits per heavy atom. The lowest BCUT2D eigenvalue weighted by molar-refractivity contribution is 0.382. The van der Waals surface area contributed by atoms with Crippen molar-refractivity contribution in [2.24, 2.45) is 0 Å². The van der Waals surface area contributed by atoms with Gasteiger partial charge < -0.3 is 14.5 Å². The van der Waals surface area contributed by atoms with Crippen molar-refractivity contribution in [3.63, 3.8) is 0 Å². The average molecular weight is 277 g/mol. The molecule has 1 aromatic carbocycles. The molecule has 0 saturated heterocycles. The zero-order valence-corrected chi connectivity index (χ0v) is 12.3. The van der Waals surface area contributed by atoms with Gasteiger partial charge in [-0.15, -0.1) is 0 Å². The van der Waals surface area contributed by atoms with E-state index in [1.54, 1.807) is 18.2 Å². The molecule has 20 heavy (non-hydrogen) atoms. The van der Waals surface area contributed by atoms with Crippen LogP contribution in [0.2, 0.25) is 0 Å². The van der Waals surface area contributed by atoms with Gasteiger partial charge in [-0.3, -0.25) is 0 Å². The first-order valence-corrected chi connectivity index (χ1v) is 6.64. The highest BCUT2D eigenvalue weighted by Crippen LogP contribution is 2.23. The molecular formula is C16H20FNO2. The summed E-state index contributed by atoms with van der Waals surface area (Å²) in [5.41, 5.74) is 1.69. The van der Waals surface area contributed by atoms with Gasteiger partial charge in [-0.25, -0.2) is 4.39 Å². The fourth-order valence-corrected chi connectivity index (χ4v) is 2.30. The first-order chi connectivity index (χ1) is 9.52. The van der Waals surface area contributed by atoms with Crippen LogP contribution in [-0.4, -0.2) is 7.11 Å². The Labute approximate surface area is 118 Å². The minimum atomic E-state index is -0.310. The Kier molecular flexibility index (Phi) is 4.45. The van der Waals surface area contributed by atoms with Crippen LogP contribution in [0.5, 0.6) is 5.75 Å². The molecule has 0 aliphatic carbocycles. The van der Waals surface area contributed by atoms with Crippen LogP contribution in [0.3, 0.4) is 0 Å².